The molecule has 49 heavy (non-hydrogen) atoms. The molecule has 4 rings (SSSR count). The number of ether oxygens (including phenoxy) is 4. The van der Waals surface area contributed by atoms with Crippen LogP contribution >= 0.6 is 0 Å². The predicted molar refractivity (Wildman–Crippen MR) is 184 cm³/mol. The molecule has 0 spiro atoms. The molecule has 12 nitrogen and oxygen atoms in total. The molecule has 0 radical (unpaired) electrons. The summed E-state index contributed by atoms with van der Waals surface area (Å²) < 4.78 is 22.4. The lowest BCUT2D eigenvalue weighted by Crippen LogP contribution is -2.56. The van der Waals surface area contributed by atoms with E-state index in [0.717, 1.165) is 24.0 Å². The van der Waals surface area contributed by atoms with E-state index in [9.17, 15) is 19.2 Å². The van der Waals surface area contributed by atoms with E-state index in [4.69, 9.17) is 18.9 Å². The molecule has 0 unspecified atom stereocenters. The van der Waals surface area contributed by atoms with Crippen LogP contribution in [0.2, 0.25) is 0 Å². The van der Waals surface area contributed by atoms with Crippen molar-refractivity contribution in [2.45, 2.75) is 72.1 Å². The Balaban J connectivity index is 1.49. The number of nitrogens with zero attached hydrogens (tertiary/aromatic N) is 3. The molecule has 1 fully saturated rings. The Kier molecular flexibility index (Phi) is 13.3. The first-order valence-corrected chi connectivity index (χ1v) is 16.8. The van der Waals surface area contributed by atoms with E-state index in [0.29, 0.717) is 50.3 Å². The molecule has 2 aromatic carbocycles. The Morgan fingerprint density at radius 2 is 1.65 bits per heavy atom. The Morgan fingerprint density at radius 1 is 0.939 bits per heavy atom. The lowest BCUT2D eigenvalue weighted by molar-refractivity contribution is -0.157. The number of unbranched alkanes of at least 4 members (excludes halogenated alkanes) is 1. The maximum atomic E-state index is 13.9. The van der Waals surface area contributed by atoms with Gasteiger partial charge in [0.2, 0.25) is 5.91 Å². The third-order valence-electron chi connectivity index (χ3n) is 7.76. The zero-order chi connectivity index (χ0) is 35.4. The number of aromatic nitrogens is 1. The molecule has 3 amide bonds. The van der Waals surface area contributed by atoms with Gasteiger partial charge in [0.1, 0.15) is 23.1 Å². The molecule has 2 heterocycles. The second-order valence-corrected chi connectivity index (χ2v) is 13.0. The fourth-order valence-electron chi connectivity index (χ4n) is 5.23. The third kappa shape index (κ3) is 11.4. The van der Waals surface area contributed by atoms with Gasteiger partial charge in [-0.2, -0.15) is 0 Å². The van der Waals surface area contributed by atoms with Crippen molar-refractivity contribution in [3.63, 3.8) is 0 Å². The largest absolute Gasteiger partial charge is 0.481 e. The van der Waals surface area contributed by atoms with Crippen molar-refractivity contribution in [3.05, 3.63) is 71.4 Å². The number of carbonyl (C=O) groups is 4. The van der Waals surface area contributed by atoms with Gasteiger partial charge in [0.05, 0.1) is 18.7 Å². The van der Waals surface area contributed by atoms with Crippen LogP contribution in [0.1, 0.15) is 68.6 Å². The first kappa shape index (κ1) is 37.1. The maximum Gasteiger partial charge on any atom is 0.409 e. The number of nitrogens with one attached hydrogen (secondary N) is 1. The average molecular weight is 677 g/mol. The number of hydrogen-bond acceptors (Lipinski definition) is 9. The maximum absolute atomic E-state index is 13.9. The van der Waals surface area contributed by atoms with E-state index < -0.39 is 23.5 Å². The van der Waals surface area contributed by atoms with Crippen LogP contribution in [0.25, 0.3) is 10.9 Å². The van der Waals surface area contributed by atoms with Crippen LogP contribution < -0.4 is 10.1 Å². The summed E-state index contributed by atoms with van der Waals surface area (Å²) in [5.41, 5.74) is 1.77. The minimum absolute atomic E-state index is 0.0277. The minimum atomic E-state index is -0.924. The lowest BCUT2D eigenvalue weighted by atomic mass is 10.1. The number of carbonyl (C=O) groups excluding carboxylic acids is 4. The van der Waals surface area contributed by atoms with Crippen molar-refractivity contribution in [3.8, 4) is 5.75 Å². The summed E-state index contributed by atoms with van der Waals surface area (Å²) in [6.07, 6.45) is 1.54. The van der Waals surface area contributed by atoms with Crippen LogP contribution in [-0.4, -0.2) is 96.3 Å². The molecule has 12 heteroatoms. The van der Waals surface area contributed by atoms with Gasteiger partial charge < -0.3 is 34.1 Å². The molecule has 1 aliphatic rings. The summed E-state index contributed by atoms with van der Waals surface area (Å²) >= 11 is 0. The highest BCUT2D eigenvalue weighted by Gasteiger charge is 2.31. The Hall–Kier alpha value is -4.71. The standard InChI is InChI=1S/C37H48N4O8/c1-6-7-20-47-36(45)41-18-16-40(17-19-41)35(44)29(15-21-46-24-27-11-9-8-10-12-27)39-34(43)31-23-32(48-25-33(42)49-37(3,4)5)28-14-13-26(2)22-30(28)38-31/h8-14,22-23,29H,6-7,15-21,24-25H2,1-5H3,(H,39,43)/t29-/m0/s1. The van der Waals surface area contributed by atoms with E-state index in [1.54, 1.807) is 30.6 Å². The van der Waals surface area contributed by atoms with Gasteiger partial charge in [-0.15, -0.1) is 0 Å². The molecule has 0 aliphatic carbocycles. The predicted octanol–water partition coefficient (Wildman–Crippen LogP) is 5.05. The van der Waals surface area contributed by atoms with Gasteiger partial charge in [-0.1, -0.05) is 49.7 Å². The highest BCUT2D eigenvalue weighted by molar-refractivity contribution is 5.99. The van der Waals surface area contributed by atoms with Gasteiger partial charge in [0.25, 0.3) is 5.91 Å². The smallest absolute Gasteiger partial charge is 0.409 e. The second-order valence-electron chi connectivity index (χ2n) is 13.0. The fraction of sp³-hybridized carbons (Fsp3) is 0.486. The molecule has 1 N–H and O–H groups in total. The number of pyridine rings is 1. The van der Waals surface area contributed by atoms with Gasteiger partial charge in [-0.25, -0.2) is 14.6 Å². The first-order valence-electron chi connectivity index (χ1n) is 16.8. The van der Waals surface area contributed by atoms with Crippen molar-refractivity contribution < 1.29 is 38.1 Å². The van der Waals surface area contributed by atoms with Crippen molar-refractivity contribution in [1.82, 2.24) is 20.1 Å². The first-order chi connectivity index (χ1) is 23.4. The number of hydrogen-bond donors (Lipinski definition) is 1. The molecular formula is C37H48N4O8. The molecule has 1 atom stereocenters. The highest BCUT2D eigenvalue weighted by atomic mass is 16.6. The average Bonchev–Trinajstić information content (AvgIpc) is 3.07. The van der Waals surface area contributed by atoms with E-state index in [1.807, 2.05) is 62.4 Å². The lowest BCUT2D eigenvalue weighted by Gasteiger charge is -2.36. The SMILES string of the molecule is CCCCOC(=O)N1CCN(C(=O)[C@H](CCOCc2ccccc2)NC(=O)c2cc(OCC(=O)OC(C)(C)C)c3ccc(C)cc3n2)CC1. The van der Waals surface area contributed by atoms with E-state index in [1.165, 1.54) is 6.07 Å². The number of esters is 1. The third-order valence-corrected chi connectivity index (χ3v) is 7.76. The topological polar surface area (TPSA) is 137 Å². The normalized spacial score (nSPS) is 13.9. The Morgan fingerprint density at radius 3 is 2.35 bits per heavy atom. The minimum Gasteiger partial charge on any atom is -0.481 e. The van der Waals surface area contributed by atoms with Gasteiger partial charge in [0, 0.05) is 44.2 Å². The van der Waals surface area contributed by atoms with E-state index in [2.05, 4.69) is 10.3 Å². The van der Waals surface area contributed by atoms with E-state index in [-0.39, 0.29) is 43.1 Å². The number of amides is 3. The van der Waals surface area contributed by atoms with Gasteiger partial charge >= 0.3 is 12.1 Å². The molecule has 264 valence electrons. The van der Waals surface area contributed by atoms with Crippen LogP contribution in [0.5, 0.6) is 5.75 Å². The van der Waals surface area contributed by atoms with Gasteiger partial charge in [-0.05, 0) is 63.8 Å². The number of piperazine rings is 1. The van der Waals surface area contributed by atoms with Crippen molar-refractivity contribution >= 4 is 34.8 Å². The van der Waals surface area contributed by atoms with Crippen molar-refractivity contribution in [2.75, 3.05) is 46.0 Å². The Labute approximate surface area is 288 Å². The molecule has 3 aromatic rings. The van der Waals surface area contributed by atoms with Crippen molar-refractivity contribution in [2.24, 2.45) is 0 Å². The summed E-state index contributed by atoms with van der Waals surface area (Å²) in [6, 6.07) is 15.7. The fourth-order valence-corrected chi connectivity index (χ4v) is 5.23. The summed E-state index contributed by atoms with van der Waals surface area (Å²) in [4.78, 5) is 60.3. The highest BCUT2D eigenvalue weighted by Crippen LogP contribution is 2.27. The summed E-state index contributed by atoms with van der Waals surface area (Å²) in [5.74, 6) is -1.12. The summed E-state index contributed by atoms with van der Waals surface area (Å²) in [5, 5.41) is 3.50. The van der Waals surface area contributed by atoms with Gasteiger partial charge in [0.15, 0.2) is 6.61 Å². The second kappa shape index (κ2) is 17.6. The summed E-state index contributed by atoms with van der Waals surface area (Å²) in [6.45, 7) is 11.1. The zero-order valence-electron chi connectivity index (χ0n) is 29.2. The van der Waals surface area contributed by atoms with Crippen LogP contribution in [0.3, 0.4) is 0 Å². The number of aryl methyl sites for hydroxylation is 1. The molecule has 1 saturated heterocycles. The number of fused-ring (bicyclic) bond motifs is 1. The molecular weight excluding hydrogens is 628 g/mol. The van der Waals surface area contributed by atoms with Crippen LogP contribution in [0.4, 0.5) is 4.79 Å². The van der Waals surface area contributed by atoms with Crippen LogP contribution in [-0.2, 0) is 30.4 Å². The number of rotatable bonds is 14. The monoisotopic (exact) mass is 676 g/mol. The molecule has 1 aliphatic heterocycles. The zero-order valence-corrected chi connectivity index (χ0v) is 29.2. The number of benzene rings is 2. The molecule has 0 saturated carbocycles. The quantitative estimate of drug-likeness (QED) is 0.184. The van der Waals surface area contributed by atoms with Gasteiger partial charge in [-0.3, -0.25) is 9.59 Å². The van der Waals surface area contributed by atoms with Crippen LogP contribution in [0.15, 0.2) is 54.6 Å². The van der Waals surface area contributed by atoms with Crippen molar-refractivity contribution in [1.29, 1.82) is 0 Å². The molecule has 1 aromatic heterocycles. The Bertz CT molecular complexity index is 1580. The van der Waals surface area contributed by atoms with Crippen LogP contribution in [0, 0.1) is 6.92 Å². The molecule has 0 bridgehead atoms. The van der Waals surface area contributed by atoms with E-state index >= 15 is 0 Å². The summed E-state index contributed by atoms with van der Waals surface area (Å²) in [7, 11) is 0.